The molecule has 2 N–H and O–H groups in total. The van der Waals surface area contributed by atoms with Crippen molar-refractivity contribution in [2.24, 2.45) is 5.92 Å². The molecule has 0 aromatic carbocycles. The average molecular weight is 209 g/mol. The first-order valence-corrected chi connectivity index (χ1v) is 4.89. The van der Waals surface area contributed by atoms with Crippen molar-refractivity contribution in [3.05, 3.63) is 18.1 Å². The quantitative estimate of drug-likeness (QED) is 0.770. The van der Waals surface area contributed by atoms with E-state index in [0.29, 0.717) is 18.3 Å². The molecule has 0 unspecified atom stereocenters. The van der Waals surface area contributed by atoms with E-state index >= 15 is 0 Å². The molecule has 5 nitrogen and oxygen atoms in total. The lowest BCUT2D eigenvalue weighted by Gasteiger charge is -2.08. The minimum Gasteiger partial charge on any atom is -0.476 e. The van der Waals surface area contributed by atoms with Gasteiger partial charge in [0.2, 0.25) is 0 Å². The van der Waals surface area contributed by atoms with Gasteiger partial charge in [0.1, 0.15) is 0 Å². The third-order valence-electron chi connectivity index (χ3n) is 1.91. The summed E-state index contributed by atoms with van der Waals surface area (Å²) >= 11 is 0. The predicted molar refractivity (Wildman–Crippen MR) is 56.9 cm³/mol. The number of anilines is 1. The van der Waals surface area contributed by atoms with Crippen LogP contribution in [0.2, 0.25) is 0 Å². The summed E-state index contributed by atoms with van der Waals surface area (Å²) in [4.78, 5) is 18.5. The average Bonchev–Trinajstić information content (AvgIpc) is 2.17. The third kappa shape index (κ3) is 3.53. The van der Waals surface area contributed by atoms with Crippen molar-refractivity contribution in [3.63, 3.8) is 0 Å². The lowest BCUT2D eigenvalue weighted by Crippen LogP contribution is -2.12. The Morgan fingerprint density at radius 2 is 2.13 bits per heavy atom. The molecule has 15 heavy (non-hydrogen) atoms. The highest BCUT2D eigenvalue weighted by atomic mass is 16.4. The maximum absolute atomic E-state index is 10.8. The zero-order valence-electron chi connectivity index (χ0n) is 8.90. The second kappa shape index (κ2) is 5.29. The van der Waals surface area contributed by atoms with Crippen LogP contribution in [0.1, 0.15) is 30.8 Å². The van der Waals surface area contributed by atoms with E-state index in [4.69, 9.17) is 5.11 Å². The summed E-state index contributed by atoms with van der Waals surface area (Å²) in [6.07, 6.45) is 3.82. The van der Waals surface area contributed by atoms with Gasteiger partial charge >= 0.3 is 5.97 Å². The monoisotopic (exact) mass is 209 g/mol. The van der Waals surface area contributed by atoms with Crippen LogP contribution in [0, 0.1) is 5.92 Å². The molecule has 82 valence electrons. The Kier molecular flexibility index (Phi) is 4.03. The molecule has 0 spiro atoms. The Hall–Kier alpha value is -1.65. The maximum Gasteiger partial charge on any atom is 0.358 e. The van der Waals surface area contributed by atoms with E-state index in [9.17, 15) is 4.79 Å². The van der Waals surface area contributed by atoms with Gasteiger partial charge in [-0.3, -0.25) is 0 Å². The van der Waals surface area contributed by atoms with Crippen LogP contribution in [-0.2, 0) is 0 Å². The van der Waals surface area contributed by atoms with Crippen molar-refractivity contribution < 1.29 is 9.90 Å². The van der Waals surface area contributed by atoms with Crippen LogP contribution in [0.5, 0.6) is 0 Å². The lowest BCUT2D eigenvalue weighted by molar-refractivity contribution is 0.0691. The standard InChI is InChI=1S/C10H15N3O2/c1-7(2)3-4-12-9-8(10(14)15)11-5-6-13-9/h5-7H,3-4H2,1-2H3,(H,12,13)(H,14,15). The Morgan fingerprint density at radius 3 is 2.73 bits per heavy atom. The van der Waals surface area contributed by atoms with Crippen LogP contribution >= 0.6 is 0 Å². The highest BCUT2D eigenvalue weighted by molar-refractivity contribution is 5.90. The molecule has 0 aliphatic heterocycles. The summed E-state index contributed by atoms with van der Waals surface area (Å²) in [5.74, 6) is -0.150. The topological polar surface area (TPSA) is 75.1 Å². The number of hydrogen-bond donors (Lipinski definition) is 2. The molecule has 0 aliphatic carbocycles. The minimum absolute atomic E-state index is 0.0266. The Balaban J connectivity index is 2.63. The van der Waals surface area contributed by atoms with E-state index in [0.717, 1.165) is 6.42 Å². The van der Waals surface area contributed by atoms with Crippen LogP contribution in [0.15, 0.2) is 12.4 Å². The van der Waals surface area contributed by atoms with Gasteiger partial charge in [0.25, 0.3) is 0 Å². The first-order valence-electron chi connectivity index (χ1n) is 4.89. The smallest absolute Gasteiger partial charge is 0.358 e. The van der Waals surface area contributed by atoms with E-state index in [1.165, 1.54) is 12.4 Å². The fourth-order valence-electron chi connectivity index (χ4n) is 1.10. The number of nitrogens with one attached hydrogen (secondary N) is 1. The number of carboxylic acids is 1. The van der Waals surface area contributed by atoms with Crippen LogP contribution in [0.3, 0.4) is 0 Å². The van der Waals surface area contributed by atoms with Crippen molar-refractivity contribution >= 4 is 11.8 Å². The SMILES string of the molecule is CC(C)CCNc1nccnc1C(=O)O. The van der Waals surface area contributed by atoms with Gasteiger partial charge in [0, 0.05) is 18.9 Å². The molecule has 0 aliphatic rings. The molecular formula is C10H15N3O2. The summed E-state index contributed by atoms with van der Waals surface area (Å²) in [5.41, 5.74) is -0.0266. The van der Waals surface area contributed by atoms with E-state index in [1.54, 1.807) is 0 Å². The van der Waals surface area contributed by atoms with Crippen molar-refractivity contribution in [3.8, 4) is 0 Å². The van der Waals surface area contributed by atoms with Gasteiger partial charge in [-0.1, -0.05) is 13.8 Å². The van der Waals surface area contributed by atoms with E-state index in [2.05, 4.69) is 29.1 Å². The van der Waals surface area contributed by atoms with Gasteiger partial charge < -0.3 is 10.4 Å². The fraction of sp³-hybridized carbons (Fsp3) is 0.500. The highest BCUT2D eigenvalue weighted by Crippen LogP contribution is 2.08. The second-order valence-corrected chi connectivity index (χ2v) is 3.67. The molecule has 1 heterocycles. The normalized spacial score (nSPS) is 10.3. The van der Waals surface area contributed by atoms with E-state index in [-0.39, 0.29) is 5.69 Å². The Bertz CT molecular complexity index is 339. The lowest BCUT2D eigenvalue weighted by atomic mass is 10.1. The number of carboxylic acid groups (broad SMARTS) is 1. The van der Waals surface area contributed by atoms with Gasteiger partial charge in [0.15, 0.2) is 11.5 Å². The summed E-state index contributed by atoms with van der Waals surface area (Å²) < 4.78 is 0. The zero-order chi connectivity index (χ0) is 11.3. The summed E-state index contributed by atoms with van der Waals surface area (Å²) in [6, 6.07) is 0. The number of aromatic nitrogens is 2. The number of hydrogen-bond acceptors (Lipinski definition) is 4. The molecule has 0 radical (unpaired) electrons. The molecule has 0 atom stereocenters. The van der Waals surface area contributed by atoms with Crippen molar-refractivity contribution in [2.75, 3.05) is 11.9 Å². The molecule has 1 rings (SSSR count). The van der Waals surface area contributed by atoms with Gasteiger partial charge in [-0.05, 0) is 12.3 Å². The van der Waals surface area contributed by atoms with Crippen LogP contribution < -0.4 is 5.32 Å². The van der Waals surface area contributed by atoms with Crippen molar-refractivity contribution in [1.82, 2.24) is 9.97 Å². The summed E-state index contributed by atoms with van der Waals surface area (Å²) in [7, 11) is 0. The molecular weight excluding hydrogens is 194 g/mol. The van der Waals surface area contributed by atoms with Crippen molar-refractivity contribution in [1.29, 1.82) is 0 Å². The first kappa shape index (κ1) is 11.4. The molecule has 0 fully saturated rings. The molecule has 0 saturated carbocycles. The van der Waals surface area contributed by atoms with Gasteiger partial charge in [-0.2, -0.15) is 0 Å². The molecule has 0 bridgehead atoms. The summed E-state index contributed by atoms with van der Waals surface area (Å²) in [6.45, 7) is 4.92. The first-order chi connectivity index (χ1) is 7.11. The zero-order valence-corrected chi connectivity index (χ0v) is 8.90. The minimum atomic E-state index is -1.06. The van der Waals surface area contributed by atoms with E-state index in [1.807, 2.05) is 0 Å². The molecule has 1 aromatic rings. The molecule has 0 amide bonds. The number of nitrogens with zero attached hydrogens (tertiary/aromatic N) is 2. The number of rotatable bonds is 5. The van der Waals surface area contributed by atoms with Crippen LogP contribution in [0.4, 0.5) is 5.82 Å². The van der Waals surface area contributed by atoms with Gasteiger partial charge in [0.05, 0.1) is 0 Å². The van der Waals surface area contributed by atoms with Crippen LogP contribution in [-0.4, -0.2) is 27.6 Å². The largest absolute Gasteiger partial charge is 0.476 e. The van der Waals surface area contributed by atoms with E-state index < -0.39 is 5.97 Å². The molecule has 0 saturated heterocycles. The highest BCUT2D eigenvalue weighted by Gasteiger charge is 2.11. The van der Waals surface area contributed by atoms with Gasteiger partial charge in [-0.25, -0.2) is 14.8 Å². The molecule has 5 heteroatoms. The van der Waals surface area contributed by atoms with Crippen molar-refractivity contribution in [2.45, 2.75) is 20.3 Å². The predicted octanol–water partition coefficient (Wildman–Crippen LogP) is 1.63. The third-order valence-corrected chi connectivity index (χ3v) is 1.91. The Morgan fingerprint density at radius 1 is 1.47 bits per heavy atom. The Labute approximate surface area is 88.6 Å². The molecule has 1 aromatic heterocycles. The number of aromatic carboxylic acids is 1. The second-order valence-electron chi connectivity index (χ2n) is 3.67. The number of carbonyl (C=O) groups is 1. The summed E-state index contributed by atoms with van der Waals surface area (Å²) in [5, 5.41) is 11.8. The fourth-order valence-corrected chi connectivity index (χ4v) is 1.10. The van der Waals surface area contributed by atoms with Crippen LogP contribution in [0.25, 0.3) is 0 Å². The van der Waals surface area contributed by atoms with Gasteiger partial charge in [-0.15, -0.1) is 0 Å². The maximum atomic E-state index is 10.8.